The van der Waals surface area contributed by atoms with Gasteiger partial charge in [-0.2, -0.15) is 0 Å². The van der Waals surface area contributed by atoms with Gasteiger partial charge in [-0.25, -0.2) is 9.82 Å². The number of ether oxygens (including phenoxy) is 1. The van der Waals surface area contributed by atoms with Crippen LogP contribution in [0.25, 0.3) is 0 Å². The molecule has 0 aromatic heterocycles. The Morgan fingerprint density at radius 1 is 1.24 bits per heavy atom. The minimum atomic E-state index is -0.344. The molecule has 0 spiro atoms. The second-order valence-electron chi connectivity index (χ2n) is 4.97. The summed E-state index contributed by atoms with van der Waals surface area (Å²) >= 11 is 3.16. The Labute approximate surface area is 132 Å². The van der Waals surface area contributed by atoms with E-state index in [-0.39, 0.29) is 11.9 Å². The number of benzene rings is 2. The Bertz CT molecular complexity index is 661. The molecule has 0 amide bonds. The lowest BCUT2D eigenvalue weighted by molar-refractivity contribution is 0.403. The van der Waals surface area contributed by atoms with Gasteiger partial charge in [0.1, 0.15) is 11.6 Å². The molecule has 0 bridgehead atoms. The molecule has 0 heterocycles. The molecule has 0 radical (unpaired) electrons. The molecule has 112 valence electrons. The zero-order valence-electron chi connectivity index (χ0n) is 12.2. The fourth-order valence-electron chi connectivity index (χ4n) is 2.52. The van der Waals surface area contributed by atoms with E-state index in [1.54, 1.807) is 13.2 Å². The summed E-state index contributed by atoms with van der Waals surface area (Å²) in [5, 5.41) is 0. The van der Waals surface area contributed by atoms with Crippen LogP contribution in [0.4, 0.5) is 4.39 Å². The molecule has 21 heavy (non-hydrogen) atoms. The van der Waals surface area contributed by atoms with Crippen molar-refractivity contribution in [2.75, 3.05) is 7.11 Å². The van der Waals surface area contributed by atoms with Crippen LogP contribution in [-0.2, 0) is 0 Å². The lowest BCUT2D eigenvalue weighted by Gasteiger charge is -2.22. The average molecular weight is 353 g/mol. The first-order valence-electron chi connectivity index (χ1n) is 6.54. The fraction of sp³-hybridized carbons (Fsp3) is 0.250. The molecule has 1 atom stereocenters. The van der Waals surface area contributed by atoms with E-state index >= 15 is 0 Å². The van der Waals surface area contributed by atoms with E-state index < -0.39 is 0 Å². The van der Waals surface area contributed by atoms with Crippen molar-refractivity contribution < 1.29 is 9.13 Å². The first-order valence-corrected chi connectivity index (χ1v) is 7.33. The van der Waals surface area contributed by atoms with Gasteiger partial charge in [0, 0.05) is 5.56 Å². The summed E-state index contributed by atoms with van der Waals surface area (Å²) in [5.41, 5.74) is 6.55. The highest BCUT2D eigenvalue weighted by molar-refractivity contribution is 9.10. The number of aryl methyl sites for hydroxylation is 2. The van der Waals surface area contributed by atoms with Gasteiger partial charge < -0.3 is 4.74 Å². The topological polar surface area (TPSA) is 47.3 Å². The van der Waals surface area contributed by atoms with Crippen LogP contribution in [0.15, 0.2) is 34.8 Å². The van der Waals surface area contributed by atoms with Crippen molar-refractivity contribution in [3.8, 4) is 5.75 Å². The number of hydrogen-bond acceptors (Lipinski definition) is 3. The van der Waals surface area contributed by atoms with Crippen LogP contribution in [0, 0.1) is 19.7 Å². The standard InChI is InChI=1S/C16H18BrFN2O/c1-9-6-10(2)15(14(7-9)21-3)16(20-19)11-4-5-12(17)13(18)8-11/h4-8,16,20H,19H2,1-3H3. The molecule has 0 fully saturated rings. The molecule has 0 saturated heterocycles. The quantitative estimate of drug-likeness (QED) is 0.650. The monoisotopic (exact) mass is 352 g/mol. The van der Waals surface area contributed by atoms with Crippen LogP contribution in [0.2, 0.25) is 0 Å². The second kappa shape index (κ2) is 6.56. The summed E-state index contributed by atoms with van der Waals surface area (Å²) in [5.74, 6) is 6.13. The largest absolute Gasteiger partial charge is 0.496 e. The number of halogens is 2. The molecule has 0 aliphatic heterocycles. The van der Waals surface area contributed by atoms with Crippen molar-refractivity contribution in [3.05, 3.63) is 62.9 Å². The first-order chi connectivity index (χ1) is 9.97. The minimum Gasteiger partial charge on any atom is -0.496 e. The lowest BCUT2D eigenvalue weighted by Crippen LogP contribution is -2.30. The molecule has 5 heteroatoms. The molecular weight excluding hydrogens is 335 g/mol. The van der Waals surface area contributed by atoms with Crippen LogP contribution in [0.3, 0.4) is 0 Å². The first kappa shape index (κ1) is 15.9. The van der Waals surface area contributed by atoms with Gasteiger partial charge in [-0.15, -0.1) is 0 Å². The predicted octanol–water partition coefficient (Wildman–Crippen LogP) is 3.77. The smallest absolute Gasteiger partial charge is 0.137 e. The van der Waals surface area contributed by atoms with E-state index in [2.05, 4.69) is 27.4 Å². The molecule has 0 aliphatic carbocycles. The Balaban J connectivity index is 2.58. The highest BCUT2D eigenvalue weighted by Gasteiger charge is 2.20. The van der Waals surface area contributed by atoms with Crippen molar-refractivity contribution in [1.29, 1.82) is 0 Å². The molecule has 1 unspecified atom stereocenters. The van der Waals surface area contributed by atoms with Crippen LogP contribution >= 0.6 is 15.9 Å². The van der Waals surface area contributed by atoms with Gasteiger partial charge in [-0.1, -0.05) is 12.1 Å². The summed E-state index contributed by atoms with van der Waals surface area (Å²) in [6.07, 6.45) is 0. The third-order valence-electron chi connectivity index (χ3n) is 3.45. The van der Waals surface area contributed by atoms with Crippen molar-refractivity contribution in [1.82, 2.24) is 5.43 Å². The number of nitrogens with two attached hydrogens (primary N) is 1. The third kappa shape index (κ3) is 3.26. The van der Waals surface area contributed by atoms with Crippen LogP contribution < -0.4 is 16.0 Å². The van der Waals surface area contributed by atoms with Gasteiger partial charge in [0.05, 0.1) is 17.6 Å². The Kier molecular flexibility index (Phi) is 4.98. The SMILES string of the molecule is COc1cc(C)cc(C)c1C(NN)c1ccc(Br)c(F)c1. The van der Waals surface area contributed by atoms with Gasteiger partial charge in [0.15, 0.2) is 0 Å². The molecule has 0 aliphatic rings. The summed E-state index contributed by atoms with van der Waals surface area (Å²) in [7, 11) is 1.62. The van der Waals surface area contributed by atoms with Gasteiger partial charge in [0.25, 0.3) is 0 Å². The average Bonchev–Trinajstić information content (AvgIpc) is 2.45. The zero-order valence-corrected chi connectivity index (χ0v) is 13.8. The molecule has 0 saturated carbocycles. The Hall–Kier alpha value is -1.43. The van der Waals surface area contributed by atoms with E-state index in [1.165, 1.54) is 6.07 Å². The minimum absolute atomic E-state index is 0.323. The van der Waals surface area contributed by atoms with Crippen LogP contribution in [-0.4, -0.2) is 7.11 Å². The Morgan fingerprint density at radius 3 is 2.52 bits per heavy atom. The van der Waals surface area contributed by atoms with E-state index in [0.29, 0.717) is 4.47 Å². The molecular formula is C16H18BrFN2O. The second-order valence-corrected chi connectivity index (χ2v) is 5.83. The summed E-state index contributed by atoms with van der Waals surface area (Å²) in [6, 6.07) is 8.62. The number of rotatable bonds is 4. The highest BCUT2D eigenvalue weighted by Crippen LogP contribution is 2.34. The van der Waals surface area contributed by atoms with Crippen molar-refractivity contribution in [2.45, 2.75) is 19.9 Å². The number of nitrogens with one attached hydrogen (secondary N) is 1. The number of hydrogen-bond donors (Lipinski definition) is 2. The van der Waals surface area contributed by atoms with Gasteiger partial charge in [0.2, 0.25) is 0 Å². The lowest BCUT2D eigenvalue weighted by atomic mass is 9.93. The summed E-state index contributed by atoms with van der Waals surface area (Å²) in [6.45, 7) is 3.99. The van der Waals surface area contributed by atoms with E-state index in [1.807, 2.05) is 26.0 Å². The molecule has 3 nitrogen and oxygen atoms in total. The maximum absolute atomic E-state index is 13.8. The summed E-state index contributed by atoms with van der Waals surface area (Å²) < 4.78 is 19.7. The van der Waals surface area contributed by atoms with Crippen molar-refractivity contribution in [2.24, 2.45) is 5.84 Å². The zero-order chi connectivity index (χ0) is 15.6. The van der Waals surface area contributed by atoms with Crippen molar-refractivity contribution in [3.63, 3.8) is 0 Å². The van der Waals surface area contributed by atoms with E-state index in [0.717, 1.165) is 28.0 Å². The maximum atomic E-state index is 13.8. The normalized spacial score (nSPS) is 12.3. The van der Waals surface area contributed by atoms with Gasteiger partial charge >= 0.3 is 0 Å². The van der Waals surface area contributed by atoms with E-state index in [9.17, 15) is 4.39 Å². The fourth-order valence-corrected chi connectivity index (χ4v) is 2.76. The maximum Gasteiger partial charge on any atom is 0.137 e. The van der Waals surface area contributed by atoms with E-state index in [4.69, 9.17) is 10.6 Å². The van der Waals surface area contributed by atoms with Gasteiger partial charge in [-0.3, -0.25) is 5.84 Å². The molecule has 2 rings (SSSR count). The number of hydrazine groups is 1. The third-order valence-corrected chi connectivity index (χ3v) is 4.09. The molecule has 3 N–H and O–H groups in total. The van der Waals surface area contributed by atoms with Crippen LogP contribution in [0.5, 0.6) is 5.75 Å². The van der Waals surface area contributed by atoms with Crippen molar-refractivity contribution >= 4 is 15.9 Å². The predicted molar refractivity (Wildman–Crippen MR) is 85.7 cm³/mol. The summed E-state index contributed by atoms with van der Waals surface area (Å²) in [4.78, 5) is 0. The highest BCUT2D eigenvalue weighted by atomic mass is 79.9. The molecule has 2 aromatic carbocycles. The Morgan fingerprint density at radius 2 is 1.95 bits per heavy atom. The van der Waals surface area contributed by atoms with Gasteiger partial charge in [-0.05, 0) is 64.7 Å². The number of methoxy groups -OCH3 is 1. The molecule has 2 aromatic rings. The van der Waals surface area contributed by atoms with Crippen LogP contribution in [0.1, 0.15) is 28.3 Å².